The molecule has 0 aliphatic rings. The van der Waals surface area contributed by atoms with Gasteiger partial charge in [0.1, 0.15) is 5.75 Å². The van der Waals surface area contributed by atoms with Crippen LogP contribution < -0.4 is 15.5 Å². The van der Waals surface area contributed by atoms with Crippen molar-refractivity contribution in [2.75, 3.05) is 18.9 Å². The van der Waals surface area contributed by atoms with Crippen LogP contribution in [0.4, 0.5) is 5.69 Å². The SMILES string of the molecule is O=C(COc1ccc(/C=N\NC(=O)CSCc2ccc([N+](=O)[O-])cc2)cc1)NCCc1ccccc1. The highest BCUT2D eigenvalue weighted by atomic mass is 32.2. The molecule has 0 spiro atoms. The number of carbonyl (C=O) groups is 2. The minimum Gasteiger partial charge on any atom is -0.484 e. The number of nitrogens with zero attached hydrogens (tertiary/aromatic N) is 2. The van der Waals surface area contributed by atoms with Crippen LogP contribution in [0, 0.1) is 10.1 Å². The molecule has 0 radical (unpaired) electrons. The molecule has 0 aliphatic carbocycles. The lowest BCUT2D eigenvalue weighted by atomic mass is 10.1. The molecule has 0 saturated carbocycles. The Labute approximate surface area is 213 Å². The maximum atomic E-state index is 11.9. The molecule has 3 rings (SSSR count). The number of hydrogen-bond donors (Lipinski definition) is 2. The minimum atomic E-state index is -0.448. The van der Waals surface area contributed by atoms with Gasteiger partial charge in [-0.1, -0.05) is 42.5 Å². The third kappa shape index (κ3) is 9.59. The van der Waals surface area contributed by atoms with Crippen LogP contribution in [0.5, 0.6) is 5.75 Å². The summed E-state index contributed by atoms with van der Waals surface area (Å²) in [6.07, 6.45) is 2.27. The predicted molar refractivity (Wildman–Crippen MR) is 140 cm³/mol. The molecule has 2 N–H and O–H groups in total. The Hall–Kier alpha value is -4.18. The van der Waals surface area contributed by atoms with Crippen molar-refractivity contribution in [3.63, 3.8) is 0 Å². The molecule has 0 aliphatic heterocycles. The monoisotopic (exact) mass is 506 g/mol. The van der Waals surface area contributed by atoms with Gasteiger partial charge in [-0.3, -0.25) is 19.7 Å². The van der Waals surface area contributed by atoms with E-state index in [4.69, 9.17) is 4.74 Å². The van der Waals surface area contributed by atoms with Crippen molar-refractivity contribution in [3.8, 4) is 5.75 Å². The Kier molecular flexibility index (Phi) is 10.5. The highest BCUT2D eigenvalue weighted by Crippen LogP contribution is 2.16. The van der Waals surface area contributed by atoms with Gasteiger partial charge in [-0.25, -0.2) is 5.43 Å². The number of hydrazone groups is 1. The molecule has 0 aromatic heterocycles. The zero-order valence-electron chi connectivity index (χ0n) is 19.5. The van der Waals surface area contributed by atoms with E-state index in [0.29, 0.717) is 18.0 Å². The summed E-state index contributed by atoms with van der Waals surface area (Å²) in [7, 11) is 0. The molecule has 9 nitrogen and oxygen atoms in total. The first-order valence-corrected chi connectivity index (χ1v) is 12.3. The van der Waals surface area contributed by atoms with Crippen LogP contribution >= 0.6 is 11.8 Å². The van der Waals surface area contributed by atoms with E-state index in [0.717, 1.165) is 23.1 Å². The number of non-ortho nitro benzene ring substituents is 1. The Morgan fingerprint density at radius 2 is 1.67 bits per heavy atom. The van der Waals surface area contributed by atoms with Crippen molar-refractivity contribution >= 4 is 35.5 Å². The first kappa shape index (κ1) is 26.4. The molecule has 0 unspecified atom stereocenters. The molecule has 0 heterocycles. The summed E-state index contributed by atoms with van der Waals surface area (Å²) >= 11 is 1.38. The molecule has 0 fully saturated rings. The Morgan fingerprint density at radius 3 is 2.36 bits per heavy atom. The highest BCUT2D eigenvalue weighted by Gasteiger charge is 2.06. The van der Waals surface area contributed by atoms with Gasteiger partial charge in [0.25, 0.3) is 11.6 Å². The van der Waals surface area contributed by atoms with E-state index in [1.165, 1.54) is 30.1 Å². The van der Waals surface area contributed by atoms with Crippen LogP contribution in [-0.2, 0) is 21.8 Å². The molecule has 10 heteroatoms. The van der Waals surface area contributed by atoms with Crippen molar-refractivity contribution in [1.82, 2.24) is 10.7 Å². The van der Waals surface area contributed by atoms with Crippen molar-refractivity contribution < 1.29 is 19.2 Å². The summed E-state index contributed by atoms with van der Waals surface area (Å²) < 4.78 is 5.50. The van der Waals surface area contributed by atoms with Gasteiger partial charge in [0, 0.05) is 24.4 Å². The molecule has 186 valence electrons. The van der Waals surface area contributed by atoms with Crippen LogP contribution in [0.3, 0.4) is 0 Å². The summed E-state index contributed by atoms with van der Waals surface area (Å²) in [5, 5.41) is 17.4. The number of thioether (sulfide) groups is 1. The van der Waals surface area contributed by atoms with Crippen LogP contribution in [0.15, 0.2) is 84.0 Å². The van der Waals surface area contributed by atoms with Gasteiger partial charge in [0.05, 0.1) is 16.9 Å². The van der Waals surface area contributed by atoms with Gasteiger partial charge < -0.3 is 10.1 Å². The standard InChI is InChI=1S/C26H26N4O5S/c31-25(27-15-14-20-4-2-1-3-5-20)17-35-24-12-8-21(9-13-24)16-28-29-26(32)19-36-18-22-6-10-23(11-7-22)30(33)34/h1-13,16H,14-15,17-19H2,(H,27,31)(H,29,32)/b28-16-. The number of rotatable bonds is 13. The van der Waals surface area contributed by atoms with Gasteiger partial charge >= 0.3 is 0 Å². The fraction of sp³-hybridized carbons (Fsp3) is 0.192. The maximum Gasteiger partial charge on any atom is 0.269 e. The van der Waals surface area contributed by atoms with Crippen molar-refractivity contribution in [3.05, 3.63) is 106 Å². The van der Waals surface area contributed by atoms with Gasteiger partial charge in [0.15, 0.2) is 6.61 Å². The fourth-order valence-corrected chi connectivity index (χ4v) is 3.81. The van der Waals surface area contributed by atoms with Crippen LogP contribution in [0.2, 0.25) is 0 Å². The number of nitro groups is 1. The van der Waals surface area contributed by atoms with Crippen molar-refractivity contribution in [2.24, 2.45) is 5.10 Å². The Balaban J connectivity index is 1.30. The van der Waals surface area contributed by atoms with E-state index < -0.39 is 4.92 Å². The van der Waals surface area contributed by atoms with E-state index in [2.05, 4.69) is 15.8 Å². The second-order valence-corrected chi connectivity index (χ2v) is 8.64. The molecule has 3 aromatic carbocycles. The molecule has 0 atom stereocenters. The molecule has 0 saturated heterocycles. The van der Waals surface area contributed by atoms with Gasteiger partial charge in [-0.05, 0) is 47.4 Å². The quantitative estimate of drug-likeness (QED) is 0.207. The number of hydrogen-bond acceptors (Lipinski definition) is 7. The predicted octanol–water partition coefficient (Wildman–Crippen LogP) is 3.72. The molecule has 2 amide bonds. The average molecular weight is 507 g/mol. The fourth-order valence-electron chi connectivity index (χ4n) is 3.03. The number of ether oxygens (including phenoxy) is 1. The van der Waals surface area contributed by atoms with Gasteiger partial charge in [-0.2, -0.15) is 5.10 Å². The van der Waals surface area contributed by atoms with Gasteiger partial charge in [0.2, 0.25) is 5.91 Å². The van der Waals surface area contributed by atoms with Crippen molar-refractivity contribution in [1.29, 1.82) is 0 Å². The van der Waals surface area contributed by atoms with E-state index in [1.54, 1.807) is 36.4 Å². The zero-order valence-corrected chi connectivity index (χ0v) is 20.3. The van der Waals surface area contributed by atoms with Crippen LogP contribution in [0.1, 0.15) is 16.7 Å². The molecule has 36 heavy (non-hydrogen) atoms. The van der Waals surface area contributed by atoms with Gasteiger partial charge in [-0.15, -0.1) is 11.8 Å². The van der Waals surface area contributed by atoms with Crippen LogP contribution in [0.25, 0.3) is 0 Å². The van der Waals surface area contributed by atoms with E-state index in [1.807, 2.05) is 30.3 Å². The second kappa shape index (κ2) is 14.3. The number of amides is 2. The zero-order chi connectivity index (χ0) is 25.6. The van der Waals surface area contributed by atoms with Crippen LogP contribution in [-0.4, -0.2) is 41.9 Å². The molecule has 3 aromatic rings. The van der Waals surface area contributed by atoms with E-state index in [-0.39, 0.29) is 29.9 Å². The first-order chi connectivity index (χ1) is 17.5. The third-order valence-electron chi connectivity index (χ3n) is 4.88. The third-order valence-corrected chi connectivity index (χ3v) is 5.88. The summed E-state index contributed by atoms with van der Waals surface area (Å²) in [4.78, 5) is 34.1. The first-order valence-electron chi connectivity index (χ1n) is 11.2. The lowest BCUT2D eigenvalue weighted by Crippen LogP contribution is -2.30. The number of nitrogens with one attached hydrogen (secondary N) is 2. The number of carbonyl (C=O) groups excluding carboxylic acids is 2. The minimum absolute atomic E-state index is 0.0375. The Morgan fingerprint density at radius 1 is 0.944 bits per heavy atom. The molecule has 0 bridgehead atoms. The summed E-state index contributed by atoms with van der Waals surface area (Å²) in [6, 6.07) is 23.1. The lowest BCUT2D eigenvalue weighted by Gasteiger charge is -2.08. The van der Waals surface area contributed by atoms with E-state index >= 15 is 0 Å². The topological polar surface area (TPSA) is 123 Å². The van der Waals surface area contributed by atoms with Crippen molar-refractivity contribution in [2.45, 2.75) is 12.2 Å². The largest absolute Gasteiger partial charge is 0.484 e. The number of nitro benzene ring substituents is 1. The Bertz CT molecular complexity index is 1170. The highest BCUT2D eigenvalue weighted by molar-refractivity contribution is 7.99. The lowest BCUT2D eigenvalue weighted by molar-refractivity contribution is -0.384. The smallest absolute Gasteiger partial charge is 0.269 e. The molecular formula is C26H26N4O5S. The average Bonchev–Trinajstić information content (AvgIpc) is 2.89. The maximum absolute atomic E-state index is 11.9. The summed E-state index contributed by atoms with van der Waals surface area (Å²) in [5.41, 5.74) is 5.32. The summed E-state index contributed by atoms with van der Waals surface area (Å²) in [6.45, 7) is 0.471. The normalized spacial score (nSPS) is 10.7. The van der Waals surface area contributed by atoms with E-state index in [9.17, 15) is 19.7 Å². The second-order valence-electron chi connectivity index (χ2n) is 7.65. The summed E-state index contributed by atoms with van der Waals surface area (Å²) in [5.74, 6) is 0.870. The molecular weight excluding hydrogens is 480 g/mol. The number of benzene rings is 3.